The number of nitrogens with zero attached hydrogens (tertiary/aromatic N) is 4. The Morgan fingerprint density at radius 2 is 0.965 bits per heavy atom. The van der Waals surface area contributed by atoms with Gasteiger partial charge in [0.25, 0.3) is 0 Å². The van der Waals surface area contributed by atoms with Gasteiger partial charge < -0.3 is 13.4 Å². The average molecular weight is 731 g/mol. The van der Waals surface area contributed by atoms with E-state index >= 15 is 0 Å². The molecule has 12 rings (SSSR count). The second kappa shape index (κ2) is 12.3. The van der Waals surface area contributed by atoms with Gasteiger partial charge in [-0.3, -0.25) is 0 Å². The van der Waals surface area contributed by atoms with Crippen molar-refractivity contribution in [1.29, 1.82) is 0 Å². The minimum absolute atomic E-state index is 0.575. The summed E-state index contributed by atoms with van der Waals surface area (Å²) in [4.78, 5) is 15.3. The Morgan fingerprint density at radius 1 is 0.368 bits per heavy atom. The number of hydrogen-bond acceptors (Lipinski definition) is 5. The van der Waals surface area contributed by atoms with Crippen LogP contribution in [-0.4, -0.2) is 19.5 Å². The fourth-order valence-electron chi connectivity index (χ4n) is 8.42. The molecule has 0 saturated carbocycles. The highest BCUT2D eigenvalue weighted by atomic mass is 16.3. The molecule has 57 heavy (non-hydrogen) atoms. The highest BCUT2D eigenvalue weighted by molar-refractivity contribution is 6.22. The van der Waals surface area contributed by atoms with Crippen LogP contribution in [0.4, 0.5) is 0 Å². The molecular weight excluding hydrogens is 701 g/mol. The van der Waals surface area contributed by atoms with Gasteiger partial charge in [-0.1, -0.05) is 140 Å². The maximum atomic E-state index is 6.64. The Labute approximate surface area is 325 Å². The fourth-order valence-corrected chi connectivity index (χ4v) is 8.42. The fraction of sp³-hybridized carbons (Fsp3) is 0. The van der Waals surface area contributed by atoms with Gasteiger partial charge in [-0.15, -0.1) is 0 Å². The lowest BCUT2D eigenvalue weighted by atomic mass is 10.0. The third-order valence-electron chi connectivity index (χ3n) is 11.1. The Bertz CT molecular complexity index is 3510. The van der Waals surface area contributed by atoms with Crippen LogP contribution >= 0.6 is 0 Å². The zero-order valence-corrected chi connectivity index (χ0v) is 30.4. The molecule has 0 saturated heterocycles. The number of para-hydroxylation sites is 2. The van der Waals surface area contributed by atoms with E-state index in [1.807, 2.05) is 60.7 Å². The van der Waals surface area contributed by atoms with E-state index in [1.54, 1.807) is 0 Å². The quantitative estimate of drug-likeness (QED) is 0.176. The molecule has 0 bridgehead atoms. The van der Waals surface area contributed by atoms with Crippen LogP contribution in [0.2, 0.25) is 0 Å². The van der Waals surface area contributed by atoms with Crippen LogP contribution in [0.15, 0.2) is 191 Å². The van der Waals surface area contributed by atoms with Gasteiger partial charge in [-0.25, -0.2) is 15.0 Å². The van der Waals surface area contributed by atoms with Crippen molar-refractivity contribution in [3.8, 4) is 51.0 Å². The third kappa shape index (κ3) is 4.94. The molecular formula is C51H30N4O2. The van der Waals surface area contributed by atoms with Crippen LogP contribution in [0.25, 0.3) is 117 Å². The predicted molar refractivity (Wildman–Crippen MR) is 230 cm³/mol. The minimum Gasteiger partial charge on any atom is -0.456 e. The molecule has 0 spiro atoms. The van der Waals surface area contributed by atoms with Crippen LogP contribution in [0.1, 0.15) is 0 Å². The Hall–Kier alpha value is -7.83. The van der Waals surface area contributed by atoms with Crippen LogP contribution in [0.5, 0.6) is 0 Å². The lowest BCUT2D eigenvalue weighted by molar-refractivity contribution is 0.669. The SMILES string of the molecule is c1ccc(-c2ccc(-c3nc(-c4ccccc4)nc(-c4cccc5oc6ccc(-n7c8ccccc8c8ccc9c%10ccccc%10oc9c87)cc6c45)n3)cc2)cc1. The Balaban J connectivity index is 1.08. The minimum atomic E-state index is 0.575. The van der Waals surface area contributed by atoms with Crippen molar-refractivity contribution in [2.75, 3.05) is 0 Å². The molecule has 4 heterocycles. The van der Waals surface area contributed by atoms with Crippen molar-refractivity contribution in [2.24, 2.45) is 0 Å². The van der Waals surface area contributed by atoms with Crippen molar-refractivity contribution in [1.82, 2.24) is 19.5 Å². The lowest BCUT2D eigenvalue weighted by Crippen LogP contribution is -2.00. The summed E-state index contributed by atoms with van der Waals surface area (Å²) >= 11 is 0. The topological polar surface area (TPSA) is 69.9 Å². The van der Waals surface area contributed by atoms with Gasteiger partial charge in [0.05, 0.1) is 11.0 Å². The van der Waals surface area contributed by atoms with E-state index in [9.17, 15) is 0 Å². The van der Waals surface area contributed by atoms with Crippen molar-refractivity contribution in [3.63, 3.8) is 0 Å². The van der Waals surface area contributed by atoms with Crippen LogP contribution in [0, 0.1) is 0 Å². The summed E-state index contributed by atoms with van der Waals surface area (Å²) in [5, 5.41) is 6.41. The third-order valence-corrected chi connectivity index (χ3v) is 11.1. The second-order valence-electron chi connectivity index (χ2n) is 14.4. The maximum absolute atomic E-state index is 6.64. The highest BCUT2D eigenvalue weighted by Crippen LogP contribution is 2.42. The average Bonchev–Trinajstić information content (AvgIpc) is 3.96. The van der Waals surface area contributed by atoms with Crippen molar-refractivity contribution in [2.45, 2.75) is 0 Å². The molecule has 266 valence electrons. The van der Waals surface area contributed by atoms with Crippen LogP contribution in [0.3, 0.4) is 0 Å². The summed E-state index contributed by atoms with van der Waals surface area (Å²) in [5.41, 5.74) is 11.4. The van der Waals surface area contributed by atoms with Gasteiger partial charge in [0.15, 0.2) is 23.1 Å². The number of furan rings is 2. The molecule has 6 nitrogen and oxygen atoms in total. The van der Waals surface area contributed by atoms with Gasteiger partial charge in [-0.2, -0.15) is 0 Å². The van der Waals surface area contributed by atoms with Gasteiger partial charge in [0.1, 0.15) is 16.7 Å². The maximum Gasteiger partial charge on any atom is 0.164 e. The molecule has 0 N–H and O–H groups in total. The predicted octanol–water partition coefficient (Wildman–Crippen LogP) is 13.4. The summed E-state index contributed by atoms with van der Waals surface area (Å²) in [5.74, 6) is 1.78. The summed E-state index contributed by atoms with van der Waals surface area (Å²) in [6, 6.07) is 62.6. The first-order chi connectivity index (χ1) is 28.2. The molecule has 0 radical (unpaired) electrons. The van der Waals surface area contributed by atoms with Crippen LogP contribution in [-0.2, 0) is 0 Å². The molecule has 8 aromatic carbocycles. The van der Waals surface area contributed by atoms with Crippen molar-refractivity contribution >= 4 is 65.7 Å². The largest absolute Gasteiger partial charge is 0.456 e. The highest BCUT2D eigenvalue weighted by Gasteiger charge is 2.22. The zero-order valence-electron chi connectivity index (χ0n) is 30.4. The molecule has 0 amide bonds. The number of hydrogen-bond donors (Lipinski definition) is 0. The van der Waals surface area contributed by atoms with E-state index in [-0.39, 0.29) is 0 Å². The number of fused-ring (bicyclic) bond motifs is 10. The van der Waals surface area contributed by atoms with E-state index < -0.39 is 0 Å². The van der Waals surface area contributed by atoms with E-state index in [0.29, 0.717) is 17.5 Å². The molecule has 0 aliphatic rings. The first kappa shape index (κ1) is 31.5. The molecule has 4 aromatic heterocycles. The Kier molecular flexibility index (Phi) is 6.83. The molecule has 0 aliphatic heterocycles. The molecule has 0 fully saturated rings. The molecule has 0 atom stereocenters. The molecule has 0 aliphatic carbocycles. The smallest absolute Gasteiger partial charge is 0.164 e. The second-order valence-corrected chi connectivity index (χ2v) is 14.4. The van der Waals surface area contributed by atoms with E-state index in [1.165, 1.54) is 0 Å². The van der Waals surface area contributed by atoms with E-state index in [2.05, 4.69) is 126 Å². The van der Waals surface area contributed by atoms with Crippen LogP contribution < -0.4 is 0 Å². The summed E-state index contributed by atoms with van der Waals surface area (Å²) in [7, 11) is 0. The Morgan fingerprint density at radius 3 is 1.77 bits per heavy atom. The lowest BCUT2D eigenvalue weighted by Gasteiger charge is -2.10. The zero-order chi connectivity index (χ0) is 37.5. The number of rotatable bonds is 5. The molecule has 12 aromatic rings. The summed E-state index contributed by atoms with van der Waals surface area (Å²) in [6.07, 6.45) is 0. The van der Waals surface area contributed by atoms with Crippen molar-refractivity contribution in [3.05, 3.63) is 182 Å². The standard InChI is InChI=1S/C51H30N4O2/c1-3-12-31(13-4-1)32-22-24-34(25-23-32)50-52-49(33-14-5-2-6-15-33)53-51(54-50)40-18-11-21-45-46(40)41-30-35(26-29-44(41)56-45)55-42-19-9-7-16-36(42)38-27-28-39-37-17-8-10-20-43(37)57-48(39)47(38)55/h1-30H. The molecule has 0 unspecified atom stereocenters. The van der Waals surface area contributed by atoms with E-state index in [0.717, 1.165) is 99.2 Å². The van der Waals surface area contributed by atoms with Crippen molar-refractivity contribution < 1.29 is 8.83 Å². The first-order valence-corrected chi connectivity index (χ1v) is 19.0. The normalized spacial score (nSPS) is 11.9. The van der Waals surface area contributed by atoms with Gasteiger partial charge in [0.2, 0.25) is 0 Å². The number of aromatic nitrogens is 4. The van der Waals surface area contributed by atoms with Gasteiger partial charge in [0, 0.05) is 54.7 Å². The summed E-state index contributed by atoms with van der Waals surface area (Å²) in [6.45, 7) is 0. The summed E-state index contributed by atoms with van der Waals surface area (Å²) < 4.78 is 15.5. The first-order valence-electron chi connectivity index (χ1n) is 19.0. The molecule has 6 heteroatoms. The van der Waals surface area contributed by atoms with Gasteiger partial charge in [-0.05, 0) is 53.6 Å². The van der Waals surface area contributed by atoms with Gasteiger partial charge >= 0.3 is 0 Å². The number of benzene rings is 8. The monoisotopic (exact) mass is 730 g/mol. The van der Waals surface area contributed by atoms with E-state index in [4.69, 9.17) is 23.8 Å².